The monoisotopic (exact) mass is 826 g/mol. The normalized spacial score (nSPS) is 12.2. The molecule has 5 nitrogen and oxygen atoms in total. The van der Waals surface area contributed by atoms with Crippen LogP contribution in [-0.2, 0) is 0 Å². The van der Waals surface area contributed by atoms with Crippen LogP contribution in [0.15, 0.2) is 186 Å². The lowest BCUT2D eigenvalue weighted by atomic mass is 10.0. The molecule has 0 saturated heterocycles. The molecule has 14 aromatic rings. The molecule has 0 unspecified atom stereocenters. The number of nitrogens with zero attached hydrogens (tertiary/aromatic N) is 4. The Kier molecular flexibility index (Phi) is 7.08. The van der Waals surface area contributed by atoms with Crippen LogP contribution in [0.3, 0.4) is 0 Å². The highest BCUT2D eigenvalue weighted by molar-refractivity contribution is 7.26. The van der Waals surface area contributed by atoms with Crippen molar-refractivity contribution in [3.05, 3.63) is 182 Å². The molecular formula is C55H30N4OS2. The second-order valence-electron chi connectivity index (χ2n) is 15.9. The minimum Gasteiger partial charge on any atom is -0.456 e. The maximum absolute atomic E-state index is 6.63. The van der Waals surface area contributed by atoms with E-state index in [9.17, 15) is 0 Å². The summed E-state index contributed by atoms with van der Waals surface area (Å²) in [6, 6.07) is 64.9. The molecule has 5 aromatic heterocycles. The van der Waals surface area contributed by atoms with Crippen molar-refractivity contribution in [3.63, 3.8) is 0 Å². The van der Waals surface area contributed by atoms with E-state index in [-0.39, 0.29) is 0 Å². The third kappa shape index (κ3) is 4.97. The fourth-order valence-electron chi connectivity index (χ4n) is 9.59. The van der Waals surface area contributed by atoms with Gasteiger partial charge in [-0.05, 0) is 71.4 Å². The number of hydrogen-bond acceptors (Lipinski definition) is 6. The van der Waals surface area contributed by atoms with Gasteiger partial charge in [0.05, 0.1) is 22.1 Å². The molecule has 0 spiro atoms. The number of aromatic nitrogens is 4. The van der Waals surface area contributed by atoms with Gasteiger partial charge in [-0.1, -0.05) is 121 Å². The van der Waals surface area contributed by atoms with Crippen molar-refractivity contribution >= 4 is 118 Å². The Bertz CT molecular complexity index is 4060. The van der Waals surface area contributed by atoms with Crippen molar-refractivity contribution in [3.8, 4) is 39.9 Å². The average Bonchev–Trinajstić information content (AvgIpc) is 4.08. The lowest BCUT2D eigenvalue weighted by Crippen LogP contribution is -2.04. The van der Waals surface area contributed by atoms with Crippen LogP contribution in [0, 0.1) is 0 Å². The second kappa shape index (κ2) is 12.9. The molecule has 0 N–H and O–H groups in total. The zero-order valence-electron chi connectivity index (χ0n) is 32.8. The summed E-state index contributed by atoms with van der Waals surface area (Å²) in [5, 5.41) is 11.8. The molecule has 0 saturated carbocycles. The zero-order valence-corrected chi connectivity index (χ0v) is 34.5. The van der Waals surface area contributed by atoms with Crippen molar-refractivity contribution in [1.82, 2.24) is 19.5 Å². The molecule has 0 aliphatic heterocycles. The number of rotatable bonds is 4. The lowest BCUT2D eigenvalue weighted by molar-refractivity contribution is 0.669. The predicted molar refractivity (Wildman–Crippen MR) is 261 cm³/mol. The van der Waals surface area contributed by atoms with E-state index in [1.54, 1.807) is 22.7 Å². The highest BCUT2D eigenvalue weighted by Gasteiger charge is 2.25. The van der Waals surface area contributed by atoms with E-state index in [0.29, 0.717) is 17.5 Å². The fourth-order valence-corrected chi connectivity index (χ4v) is 11.9. The van der Waals surface area contributed by atoms with Crippen LogP contribution in [-0.4, -0.2) is 19.5 Å². The van der Waals surface area contributed by atoms with Crippen LogP contribution in [0.25, 0.3) is 135 Å². The van der Waals surface area contributed by atoms with Crippen LogP contribution in [0.4, 0.5) is 0 Å². The molecule has 0 atom stereocenters. The number of thiophene rings is 2. The Morgan fingerprint density at radius 1 is 0.371 bits per heavy atom. The van der Waals surface area contributed by atoms with Gasteiger partial charge in [-0.3, -0.25) is 0 Å². The summed E-state index contributed by atoms with van der Waals surface area (Å²) in [7, 11) is 0. The van der Waals surface area contributed by atoms with Crippen molar-refractivity contribution in [2.24, 2.45) is 0 Å². The first-order valence-corrected chi connectivity index (χ1v) is 22.3. The molecule has 62 heavy (non-hydrogen) atoms. The second-order valence-corrected chi connectivity index (χ2v) is 18.1. The summed E-state index contributed by atoms with van der Waals surface area (Å²) >= 11 is 3.60. The van der Waals surface area contributed by atoms with E-state index in [4.69, 9.17) is 19.4 Å². The first-order chi connectivity index (χ1) is 30.7. The summed E-state index contributed by atoms with van der Waals surface area (Å²) < 4.78 is 14.0. The lowest BCUT2D eigenvalue weighted by Gasteiger charge is -2.16. The molecular weight excluding hydrogens is 797 g/mol. The summed E-state index contributed by atoms with van der Waals surface area (Å²) in [5.41, 5.74) is 7.57. The van der Waals surface area contributed by atoms with Crippen LogP contribution >= 0.6 is 22.7 Å². The summed E-state index contributed by atoms with van der Waals surface area (Å²) in [6.45, 7) is 0. The Hall–Kier alpha value is -7.71. The molecule has 0 aliphatic rings. The highest BCUT2D eigenvalue weighted by atomic mass is 32.1. The van der Waals surface area contributed by atoms with Gasteiger partial charge in [-0.2, -0.15) is 0 Å². The molecule has 0 radical (unpaired) electrons. The number of benzene rings is 9. The van der Waals surface area contributed by atoms with E-state index in [0.717, 1.165) is 55.3 Å². The third-order valence-electron chi connectivity index (χ3n) is 12.4. The zero-order chi connectivity index (χ0) is 40.5. The van der Waals surface area contributed by atoms with E-state index in [1.807, 2.05) is 12.1 Å². The third-order valence-corrected chi connectivity index (χ3v) is 14.7. The summed E-state index contributed by atoms with van der Waals surface area (Å²) in [4.78, 5) is 16.2. The SMILES string of the molecule is c1ccc2cc3c(cc2c1)c1ccccc1n3-c1c(-c2nc(-c3ccc4c(c3)sc3ccccc34)nc(-c3ccc4c(c3)sc3ccccc34)n2)ccc2oc3ccccc3c12. The van der Waals surface area contributed by atoms with Gasteiger partial charge in [0.15, 0.2) is 17.5 Å². The van der Waals surface area contributed by atoms with Gasteiger partial charge < -0.3 is 8.98 Å². The van der Waals surface area contributed by atoms with Crippen molar-refractivity contribution in [1.29, 1.82) is 0 Å². The molecule has 288 valence electrons. The minimum atomic E-state index is 0.590. The standard InChI is InChI=1S/C55H30N4OS2/c1-2-12-32-28-44-42(27-31(32)11-1)35-13-3-7-17-43(35)59(44)52-41(25-26-46-51(52)40-16-4-8-18-45(40)60-46)55-57-53(33-21-23-38-36-14-5-9-19-47(36)61-49(38)29-33)56-54(58-55)34-22-24-39-37-15-6-10-20-48(37)62-50(39)30-34/h1-30H. The molecule has 14 rings (SSSR count). The molecule has 0 bridgehead atoms. The van der Waals surface area contributed by atoms with Crippen molar-refractivity contribution in [2.75, 3.05) is 0 Å². The molecule has 7 heteroatoms. The quantitative estimate of drug-likeness (QED) is 0.177. The minimum absolute atomic E-state index is 0.590. The van der Waals surface area contributed by atoms with Crippen molar-refractivity contribution < 1.29 is 4.42 Å². The first kappa shape index (κ1) is 34.0. The van der Waals surface area contributed by atoms with E-state index in [1.165, 1.54) is 61.9 Å². The maximum atomic E-state index is 6.63. The van der Waals surface area contributed by atoms with Gasteiger partial charge in [0.1, 0.15) is 11.2 Å². The van der Waals surface area contributed by atoms with Crippen LogP contribution in [0.2, 0.25) is 0 Å². The molecule has 0 aliphatic carbocycles. The van der Waals surface area contributed by atoms with Gasteiger partial charge in [0.25, 0.3) is 0 Å². The smallest absolute Gasteiger partial charge is 0.166 e. The number of furan rings is 1. The largest absolute Gasteiger partial charge is 0.456 e. The topological polar surface area (TPSA) is 56.7 Å². The molecule has 9 aromatic carbocycles. The van der Waals surface area contributed by atoms with E-state index >= 15 is 0 Å². The highest BCUT2D eigenvalue weighted by Crippen LogP contribution is 2.45. The maximum Gasteiger partial charge on any atom is 0.166 e. The molecule has 0 fully saturated rings. The summed E-state index contributed by atoms with van der Waals surface area (Å²) in [5.74, 6) is 1.83. The van der Waals surface area contributed by atoms with Crippen LogP contribution in [0.1, 0.15) is 0 Å². The Labute approximate surface area is 361 Å². The van der Waals surface area contributed by atoms with Crippen molar-refractivity contribution in [2.45, 2.75) is 0 Å². The fraction of sp³-hybridized carbons (Fsp3) is 0. The van der Waals surface area contributed by atoms with E-state index in [2.05, 4.69) is 174 Å². The van der Waals surface area contributed by atoms with Gasteiger partial charge in [0.2, 0.25) is 0 Å². The number of fused-ring (bicyclic) bond motifs is 13. The Morgan fingerprint density at radius 3 is 1.61 bits per heavy atom. The predicted octanol–water partition coefficient (Wildman–Crippen LogP) is 15.8. The number of hydrogen-bond donors (Lipinski definition) is 0. The molecule has 5 heterocycles. The van der Waals surface area contributed by atoms with Gasteiger partial charge in [-0.15, -0.1) is 22.7 Å². The Balaban J connectivity index is 1.09. The van der Waals surface area contributed by atoms with Gasteiger partial charge >= 0.3 is 0 Å². The average molecular weight is 827 g/mol. The summed E-state index contributed by atoms with van der Waals surface area (Å²) in [6.07, 6.45) is 0. The first-order valence-electron chi connectivity index (χ1n) is 20.7. The van der Waals surface area contributed by atoms with Crippen LogP contribution < -0.4 is 0 Å². The van der Waals surface area contributed by atoms with E-state index < -0.39 is 0 Å². The Morgan fingerprint density at radius 2 is 0.919 bits per heavy atom. The number of para-hydroxylation sites is 2. The van der Waals surface area contributed by atoms with Crippen LogP contribution in [0.5, 0.6) is 0 Å². The molecule has 0 amide bonds. The van der Waals surface area contributed by atoms with Gasteiger partial charge in [0, 0.05) is 73.2 Å². The van der Waals surface area contributed by atoms with Gasteiger partial charge in [-0.25, -0.2) is 15.0 Å².